The van der Waals surface area contributed by atoms with Crippen LogP contribution in [0.15, 0.2) is 47.6 Å². The van der Waals surface area contributed by atoms with Crippen molar-refractivity contribution in [2.24, 2.45) is 5.10 Å². The summed E-state index contributed by atoms with van der Waals surface area (Å²) in [5.41, 5.74) is 3.14. The lowest BCUT2D eigenvalue weighted by atomic mass is 10.1. The molecule has 3 amide bonds. The Bertz CT molecular complexity index is 1020. The van der Waals surface area contributed by atoms with Crippen molar-refractivity contribution in [2.75, 3.05) is 23.9 Å². The second kappa shape index (κ2) is 8.86. The lowest BCUT2D eigenvalue weighted by molar-refractivity contribution is -0.128. The first-order chi connectivity index (χ1) is 14.2. The minimum atomic E-state index is -0.424. The molecule has 1 heterocycles. The van der Waals surface area contributed by atoms with E-state index in [4.69, 9.17) is 0 Å². The zero-order valence-corrected chi connectivity index (χ0v) is 17.1. The summed E-state index contributed by atoms with van der Waals surface area (Å²) in [4.78, 5) is 38.7. The summed E-state index contributed by atoms with van der Waals surface area (Å²) in [7, 11) is 1.49. The number of halogens is 1. The number of amides is 3. The van der Waals surface area contributed by atoms with Gasteiger partial charge < -0.3 is 10.2 Å². The van der Waals surface area contributed by atoms with Crippen LogP contribution >= 0.6 is 0 Å². The maximum Gasteiger partial charge on any atom is 0.270 e. The first-order valence-electron chi connectivity index (χ1n) is 9.53. The standard InChI is InChI=1S/C22H23FN4O3/c1-14-4-5-15(2)19(12-14)27-21(29)11-10-18(25-27)22(30)26(3)13-20(28)24-17-8-6-16(23)7-9-17/h4-9,12H,10-11,13H2,1-3H3,(H,24,28). The fourth-order valence-electron chi connectivity index (χ4n) is 3.08. The average Bonchev–Trinajstić information content (AvgIpc) is 2.71. The highest BCUT2D eigenvalue weighted by atomic mass is 19.1. The van der Waals surface area contributed by atoms with Gasteiger partial charge in [-0.05, 0) is 55.3 Å². The molecule has 1 aliphatic rings. The molecule has 0 fully saturated rings. The van der Waals surface area contributed by atoms with Gasteiger partial charge in [0.05, 0.1) is 12.2 Å². The smallest absolute Gasteiger partial charge is 0.270 e. The second-order valence-electron chi connectivity index (χ2n) is 7.26. The molecule has 0 saturated carbocycles. The molecule has 1 N–H and O–H groups in total. The molecule has 0 aromatic heterocycles. The minimum absolute atomic E-state index is 0.160. The number of nitrogens with one attached hydrogen (secondary N) is 1. The van der Waals surface area contributed by atoms with Crippen molar-refractivity contribution in [1.29, 1.82) is 0 Å². The molecule has 0 aliphatic carbocycles. The number of rotatable bonds is 5. The highest BCUT2D eigenvalue weighted by Gasteiger charge is 2.28. The van der Waals surface area contributed by atoms with Gasteiger partial charge in [0.25, 0.3) is 5.91 Å². The van der Waals surface area contributed by atoms with Gasteiger partial charge in [-0.3, -0.25) is 14.4 Å². The van der Waals surface area contributed by atoms with Crippen LogP contribution < -0.4 is 10.3 Å². The predicted octanol–water partition coefficient (Wildman–Crippen LogP) is 3.02. The van der Waals surface area contributed by atoms with E-state index in [1.54, 1.807) is 0 Å². The number of hydrogen-bond donors (Lipinski definition) is 1. The number of carbonyl (C=O) groups is 3. The van der Waals surface area contributed by atoms with Gasteiger partial charge in [-0.15, -0.1) is 0 Å². The fourth-order valence-corrected chi connectivity index (χ4v) is 3.08. The molecule has 0 bridgehead atoms. The van der Waals surface area contributed by atoms with E-state index < -0.39 is 17.6 Å². The molecule has 30 heavy (non-hydrogen) atoms. The lowest BCUT2D eigenvalue weighted by Crippen LogP contribution is -2.42. The topological polar surface area (TPSA) is 82.1 Å². The number of hydrazone groups is 1. The fraction of sp³-hybridized carbons (Fsp3) is 0.273. The second-order valence-corrected chi connectivity index (χ2v) is 7.26. The van der Waals surface area contributed by atoms with Gasteiger partial charge in [-0.2, -0.15) is 5.10 Å². The number of anilines is 2. The van der Waals surface area contributed by atoms with Crippen molar-refractivity contribution >= 4 is 34.8 Å². The third-order valence-electron chi connectivity index (χ3n) is 4.73. The summed E-state index contributed by atoms with van der Waals surface area (Å²) < 4.78 is 13.0. The zero-order chi connectivity index (χ0) is 21.8. The predicted molar refractivity (Wildman–Crippen MR) is 113 cm³/mol. The van der Waals surface area contributed by atoms with Gasteiger partial charge in [0, 0.05) is 25.6 Å². The molecule has 3 rings (SSSR count). The van der Waals surface area contributed by atoms with E-state index in [2.05, 4.69) is 10.4 Å². The third-order valence-corrected chi connectivity index (χ3v) is 4.73. The maximum absolute atomic E-state index is 13.0. The van der Waals surface area contributed by atoms with Crippen LogP contribution in [0.3, 0.4) is 0 Å². The Hall–Kier alpha value is -3.55. The van der Waals surface area contributed by atoms with Crippen molar-refractivity contribution in [3.05, 3.63) is 59.4 Å². The molecule has 8 heteroatoms. The molecule has 2 aromatic rings. The molecular weight excluding hydrogens is 387 g/mol. The largest absolute Gasteiger partial charge is 0.331 e. The number of benzene rings is 2. The van der Waals surface area contributed by atoms with Gasteiger partial charge in [0.15, 0.2) is 0 Å². The molecule has 0 spiro atoms. The van der Waals surface area contributed by atoms with Crippen LogP contribution in [0.5, 0.6) is 0 Å². The van der Waals surface area contributed by atoms with E-state index in [0.29, 0.717) is 11.4 Å². The SMILES string of the molecule is Cc1ccc(C)c(N2N=C(C(=O)N(C)CC(=O)Nc3ccc(F)cc3)CCC2=O)c1. The van der Waals surface area contributed by atoms with Gasteiger partial charge in [0.1, 0.15) is 11.5 Å². The summed E-state index contributed by atoms with van der Waals surface area (Å²) in [6.07, 6.45) is 0.372. The van der Waals surface area contributed by atoms with Crippen LogP contribution in [0.4, 0.5) is 15.8 Å². The van der Waals surface area contributed by atoms with Crippen LogP contribution in [0, 0.1) is 19.7 Å². The van der Waals surface area contributed by atoms with Crippen molar-refractivity contribution < 1.29 is 18.8 Å². The highest BCUT2D eigenvalue weighted by Crippen LogP contribution is 2.25. The maximum atomic E-state index is 13.0. The Morgan fingerprint density at radius 3 is 2.53 bits per heavy atom. The van der Waals surface area contributed by atoms with Gasteiger partial charge in [-0.25, -0.2) is 9.40 Å². The van der Waals surface area contributed by atoms with E-state index in [-0.39, 0.29) is 31.0 Å². The number of nitrogens with zero attached hydrogens (tertiary/aromatic N) is 3. The van der Waals surface area contributed by atoms with Crippen molar-refractivity contribution in [1.82, 2.24) is 4.90 Å². The Morgan fingerprint density at radius 1 is 1.13 bits per heavy atom. The number of carbonyl (C=O) groups excluding carboxylic acids is 3. The molecule has 2 aromatic carbocycles. The van der Waals surface area contributed by atoms with Crippen LogP contribution in [0.25, 0.3) is 0 Å². The first kappa shape index (κ1) is 21.2. The van der Waals surface area contributed by atoms with E-state index in [0.717, 1.165) is 11.1 Å². The number of hydrogen-bond acceptors (Lipinski definition) is 4. The van der Waals surface area contributed by atoms with Crippen LogP contribution in [-0.4, -0.2) is 41.9 Å². The average molecular weight is 410 g/mol. The zero-order valence-electron chi connectivity index (χ0n) is 17.1. The normalized spacial score (nSPS) is 13.7. The summed E-state index contributed by atoms with van der Waals surface area (Å²) in [5, 5.41) is 8.17. The third kappa shape index (κ3) is 4.89. The Labute approximate surface area is 174 Å². The van der Waals surface area contributed by atoms with Gasteiger partial charge in [-0.1, -0.05) is 12.1 Å². The van der Waals surface area contributed by atoms with Crippen LogP contribution in [0.2, 0.25) is 0 Å². The Kier molecular flexibility index (Phi) is 6.25. The quantitative estimate of drug-likeness (QED) is 0.823. The number of aryl methyl sites for hydroxylation is 2. The van der Waals surface area contributed by atoms with Crippen molar-refractivity contribution in [3.8, 4) is 0 Å². The molecule has 0 saturated heterocycles. The summed E-state index contributed by atoms with van der Waals surface area (Å²) in [6, 6.07) is 11.0. The molecular formula is C22H23FN4O3. The Balaban J connectivity index is 1.71. The van der Waals surface area contributed by atoms with E-state index in [1.807, 2.05) is 32.0 Å². The van der Waals surface area contributed by atoms with Crippen molar-refractivity contribution in [3.63, 3.8) is 0 Å². The summed E-state index contributed by atoms with van der Waals surface area (Å²) in [5.74, 6) is -1.43. The molecule has 156 valence electrons. The minimum Gasteiger partial charge on any atom is -0.331 e. The highest BCUT2D eigenvalue weighted by molar-refractivity contribution is 6.40. The molecule has 0 radical (unpaired) electrons. The molecule has 1 aliphatic heterocycles. The molecule has 7 nitrogen and oxygen atoms in total. The molecule has 0 atom stereocenters. The summed E-state index contributed by atoms with van der Waals surface area (Å²) in [6.45, 7) is 3.59. The molecule has 0 unspecified atom stereocenters. The summed E-state index contributed by atoms with van der Waals surface area (Å²) >= 11 is 0. The van der Waals surface area contributed by atoms with Crippen LogP contribution in [0.1, 0.15) is 24.0 Å². The van der Waals surface area contributed by atoms with Gasteiger partial charge in [0.2, 0.25) is 11.8 Å². The Morgan fingerprint density at radius 2 is 1.83 bits per heavy atom. The van der Waals surface area contributed by atoms with E-state index >= 15 is 0 Å². The van der Waals surface area contributed by atoms with Crippen LogP contribution in [-0.2, 0) is 14.4 Å². The van der Waals surface area contributed by atoms with E-state index in [1.165, 1.54) is 41.2 Å². The van der Waals surface area contributed by atoms with Gasteiger partial charge >= 0.3 is 0 Å². The number of likely N-dealkylation sites (N-methyl/N-ethyl adjacent to an activating group) is 1. The first-order valence-corrected chi connectivity index (χ1v) is 9.53. The van der Waals surface area contributed by atoms with Crippen molar-refractivity contribution in [2.45, 2.75) is 26.7 Å². The van der Waals surface area contributed by atoms with E-state index in [9.17, 15) is 18.8 Å². The monoisotopic (exact) mass is 410 g/mol. The lowest BCUT2D eigenvalue weighted by Gasteiger charge is -2.26.